The van der Waals surface area contributed by atoms with E-state index in [4.69, 9.17) is 9.47 Å². The number of aryl methyl sites for hydroxylation is 1. The number of fused-ring (bicyclic) bond motifs is 1. The van der Waals surface area contributed by atoms with Gasteiger partial charge in [0.15, 0.2) is 5.75 Å². The number of nitrogens with zero attached hydrogens (tertiary/aromatic N) is 2. The molecule has 1 atom stereocenters. The first-order valence-corrected chi connectivity index (χ1v) is 12.9. The van der Waals surface area contributed by atoms with E-state index in [2.05, 4.69) is 9.97 Å². The lowest BCUT2D eigenvalue weighted by atomic mass is 9.99. The minimum atomic E-state index is -3.48. The second kappa shape index (κ2) is 9.34. The van der Waals surface area contributed by atoms with Crippen LogP contribution in [0.4, 0.5) is 0 Å². The molecule has 178 valence electrons. The van der Waals surface area contributed by atoms with Crippen molar-refractivity contribution in [3.63, 3.8) is 0 Å². The van der Waals surface area contributed by atoms with Crippen molar-refractivity contribution in [1.82, 2.24) is 14.5 Å². The summed E-state index contributed by atoms with van der Waals surface area (Å²) in [6.07, 6.45) is 1.14. The van der Waals surface area contributed by atoms with Crippen LogP contribution in [0, 0.1) is 6.92 Å². The minimum Gasteiger partial charge on any atom is -0.491 e. The molecule has 2 heterocycles. The average Bonchev–Trinajstić information content (AvgIpc) is 3.13. The van der Waals surface area contributed by atoms with Crippen LogP contribution in [0.5, 0.6) is 11.6 Å². The van der Waals surface area contributed by atoms with Crippen molar-refractivity contribution in [2.75, 3.05) is 25.7 Å². The summed E-state index contributed by atoms with van der Waals surface area (Å²) >= 11 is 0. The van der Waals surface area contributed by atoms with Gasteiger partial charge in [0.1, 0.15) is 9.84 Å². The predicted molar refractivity (Wildman–Crippen MR) is 133 cm³/mol. The Labute approximate surface area is 198 Å². The number of imidazole rings is 1. The van der Waals surface area contributed by atoms with E-state index in [-0.39, 0.29) is 11.6 Å². The maximum Gasteiger partial charge on any atom is 0.327 e. The molecule has 0 saturated carbocycles. The lowest BCUT2D eigenvalue weighted by molar-refractivity contribution is 0.296. The summed E-state index contributed by atoms with van der Waals surface area (Å²) in [4.78, 5) is 20.8. The van der Waals surface area contributed by atoms with E-state index in [0.717, 1.165) is 22.9 Å². The van der Waals surface area contributed by atoms with E-state index in [1.165, 1.54) is 11.7 Å². The number of methoxy groups -OCH3 is 1. The molecule has 0 radical (unpaired) electrons. The van der Waals surface area contributed by atoms with Gasteiger partial charge in [-0.3, -0.25) is 4.57 Å². The second-order valence-electron chi connectivity index (χ2n) is 8.10. The van der Waals surface area contributed by atoms with E-state index in [9.17, 15) is 13.2 Å². The normalized spacial score (nSPS) is 12.6. The Morgan fingerprint density at radius 1 is 1.06 bits per heavy atom. The molecule has 0 aliphatic carbocycles. The van der Waals surface area contributed by atoms with Gasteiger partial charge < -0.3 is 14.5 Å². The highest BCUT2D eigenvalue weighted by Crippen LogP contribution is 2.33. The molecule has 0 amide bonds. The molecule has 4 aromatic rings. The summed E-state index contributed by atoms with van der Waals surface area (Å²) in [6, 6.07) is 16.0. The summed E-state index contributed by atoms with van der Waals surface area (Å²) in [7, 11) is -1.97. The molecule has 2 aromatic carbocycles. The second-order valence-corrected chi connectivity index (χ2v) is 10.3. The number of aromatic nitrogens is 3. The Kier molecular flexibility index (Phi) is 6.47. The number of rotatable bonds is 8. The third-order valence-electron chi connectivity index (χ3n) is 5.65. The third kappa shape index (κ3) is 4.56. The molecule has 2 aromatic heterocycles. The molecule has 0 spiro atoms. The van der Waals surface area contributed by atoms with Gasteiger partial charge in [-0.2, -0.15) is 0 Å². The van der Waals surface area contributed by atoms with Crippen LogP contribution in [0.25, 0.3) is 22.2 Å². The molecule has 0 fully saturated rings. The Morgan fingerprint density at radius 3 is 2.47 bits per heavy atom. The van der Waals surface area contributed by atoms with Gasteiger partial charge in [0.25, 0.3) is 5.88 Å². The van der Waals surface area contributed by atoms with E-state index >= 15 is 0 Å². The molecule has 1 N–H and O–H groups in total. The quantitative estimate of drug-likeness (QED) is 0.411. The van der Waals surface area contributed by atoms with Gasteiger partial charge in [-0.1, -0.05) is 36.4 Å². The number of benzene rings is 2. The summed E-state index contributed by atoms with van der Waals surface area (Å²) in [5, 5.41) is 0. The zero-order valence-electron chi connectivity index (χ0n) is 19.5. The summed E-state index contributed by atoms with van der Waals surface area (Å²) < 4.78 is 37.2. The molecule has 9 heteroatoms. The zero-order valence-corrected chi connectivity index (χ0v) is 20.3. The van der Waals surface area contributed by atoms with Crippen LogP contribution < -0.4 is 15.2 Å². The molecule has 8 nitrogen and oxygen atoms in total. The van der Waals surface area contributed by atoms with Gasteiger partial charge >= 0.3 is 5.69 Å². The number of nitrogens with one attached hydrogen (secondary N) is 1. The van der Waals surface area contributed by atoms with E-state index in [1.807, 2.05) is 50.2 Å². The number of hydrogen-bond acceptors (Lipinski definition) is 6. The van der Waals surface area contributed by atoms with Gasteiger partial charge in [-0.25, -0.2) is 18.2 Å². The van der Waals surface area contributed by atoms with Gasteiger partial charge in [0.2, 0.25) is 0 Å². The van der Waals surface area contributed by atoms with E-state index in [1.54, 1.807) is 18.2 Å². The lowest BCUT2D eigenvalue weighted by Crippen LogP contribution is -2.29. The fraction of sp³-hybridized carbons (Fsp3) is 0.280. The Balaban J connectivity index is 1.96. The van der Waals surface area contributed by atoms with Gasteiger partial charge in [-0.15, -0.1) is 0 Å². The number of ether oxygens (including phenoxy) is 2. The van der Waals surface area contributed by atoms with Gasteiger partial charge in [0.05, 0.1) is 42.2 Å². The van der Waals surface area contributed by atoms with Crippen molar-refractivity contribution in [2.45, 2.75) is 19.9 Å². The minimum absolute atomic E-state index is 0.245. The van der Waals surface area contributed by atoms with Crippen LogP contribution in [0.2, 0.25) is 0 Å². The first-order chi connectivity index (χ1) is 16.2. The van der Waals surface area contributed by atoms with Crippen LogP contribution in [0.3, 0.4) is 0 Å². The maximum atomic E-state index is 13.3. The fourth-order valence-electron chi connectivity index (χ4n) is 4.16. The number of sulfone groups is 1. The van der Waals surface area contributed by atoms with E-state index < -0.39 is 21.6 Å². The largest absolute Gasteiger partial charge is 0.491 e. The zero-order chi connectivity index (χ0) is 24.5. The van der Waals surface area contributed by atoms with Crippen molar-refractivity contribution < 1.29 is 17.9 Å². The van der Waals surface area contributed by atoms with Crippen molar-refractivity contribution in [3.05, 3.63) is 76.3 Å². The molecule has 1 unspecified atom stereocenters. The van der Waals surface area contributed by atoms with Crippen molar-refractivity contribution >= 4 is 20.9 Å². The highest BCUT2D eigenvalue weighted by atomic mass is 32.2. The highest BCUT2D eigenvalue weighted by molar-refractivity contribution is 7.90. The number of aromatic amines is 1. The number of hydrogen-bond donors (Lipinski definition) is 1. The molecular formula is C25H27N3O5S. The van der Waals surface area contributed by atoms with Gasteiger partial charge in [-0.05, 0) is 43.2 Å². The first-order valence-electron chi connectivity index (χ1n) is 10.9. The van der Waals surface area contributed by atoms with Crippen LogP contribution >= 0.6 is 0 Å². The molecule has 0 saturated heterocycles. The van der Waals surface area contributed by atoms with Crippen LogP contribution in [-0.4, -0.2) is 48.7 Å². The van der Waals surface area contributed by atoms with Crippen molar-refractivity contribution in [1.29, 1.82) is 0 Å². The maximum absolute atomic E-state index is 13.3. The molecule has 0 aliphatic heterocycles. The average molecular weight is 482 g/mol. The Hall–Kier alpha value is -3.59. The first kappa shape index (κ1) is 23.6. The predicted octanol–water partition coefficient (Wildman–Crippen LogP) is 3.74. The topological polar surface area (TPSA) is 103 Å². The standard InChI is InChI=1S/C25H27N3O5S/c1-5-33-24-22(32-3)14-13-19(26-24)21(15-34(4,30)31)28-20-12-8-11-18(23(20)27-25(28)29)17-10-7-6-9-16(17)2/h6-14,21H,5,15H2,1-4H3,(H,27,29). The van der Waals surface area contributed by atoms with Crippen LogP contribution in [0.15, 0.2) is 59.4 Å². The number of pyridine rings is 1. The monoisotopic (exact) mass is 481 g/mol. The summed E-state index contributed by atoms with van der Waals surface area (Å²) in [5.74, 6) is 0.366. The molecule has 0 bridgehead atoms. The summed E-state index contributed by atoms with van der Waals surface area (Å²) in [6.45, 7) is 4.18. The molecule has 0 aliphatic rings. The fourth-order valence-corrected chi connectivity index (χ4v) is 5.05. The van der Waals surface area contributed by atoms with Gasteiger partial charge in [0, 0.05) is 11.8 Å². The Morgan fingerprint density at radius 2 is 1.79 bits per heavy atom. The highest BCUT2D eigenvalue weighted by Gasteiger charge is 2.27. The third-order valence-corrected chi connectivity index (χ3v) is 6.57. The number of para-hydroxylation sites is 1. The number of H-pyrrole nitrogens is 1. The van der Waals surface area contributed by atoms with Crippen LogP contribution in [0.1, 0.15) is 24.2 Å². The SMILES string of the molecule is CCOc1nc(C(CS(C)(=O)=O)n2c(=O)[nH]c3c(-c4ccccc4C)cccc32)ccc1OC. The smallest absolute Gasteiger partial charge is 0.327 e. The van der Waals surface area contributed by atoms with E-state index in [0.29, 0.717) is 29.1 Å². The molecular weight excluding hydrogens is 454 g/mol. The Bertz CT molecular complexity index is 1500. The summed E-state index contributed by atoms with van der Waals surface area (Å²) in [5.41, 5.74) is 4.12. The lowest BCUT2D eigenvalue weighted by Gasteiger charge is -2.19. The van der Waals surface area contributed by atoms with Crippen molar-refractivity contribution in [3.8, 4) is 22.8 Å². The molecule has 34 heavy (non-hydrogen) atoms. The molecule has 4 rings (SSSR count). The van der Waals surface area contributed by atoms with Crippen LogP contribution in [-0.2, 0) is 9.84 Å². The van der Waals surface area contributed by atoms with Crippen molar-refractivity contribution in [2.24, 2.45) is 0 Å².